The maximum absolute atomic E-state index is 12.7. The molecule has 1 saturated carbocycles. The second kappa shape index (κ2) is 5.30. The highest BCUT2D eigenvalue weighted by atomic mass is 16.5. The lowest BCUT2D eigenvalue weighted by atomic mass is 9.85. The number of anilines is 1. The summed E-state index contributed by atoms with van der Waals surface area (Å²) in [4.78, 5) is 38.6. The number of hydrogen-bond acceptors (Lipinski definition) is 4. The number of nitrogens with zero attached hydrogens (tertiary/aromatic N) is 1. The Kier molecular flexibility index (Phi) is 3.34. The molecule has 1 aliphatic heterocycles. The van der Waals surface area contributed by atoms with E-state index in [1.807, 2.05) is 0 Å². The van der Waals surface area contributed by atoms with Gasteiger partial charge in [-0.3, -0.25) is 14.5 Å². The van der Waals surface area contributed by atoms with E-state index in [-0.39, 0.29) is 41.6 Å². The van der Waals surface area contributed by atoms with Crippen molar-refractivity contribution >= 4 is 23.5 Å². The minimum Gasteiger partial charge on any atom is -0.459 e. The van der Waals surface area contributed by atoms with Gasteiger partial charge in [0.25, 0.3) is 0 Å². The molecule has 2 amide bonds. The predicted octanol–water partition coefficient (Wildman–Crippen LogP) is 2.56. The molecule has 5 nitrogen and oxygen atoms in total. The molecule has 4 atom stereocenters. The molecule has 1 heterocycles. The molecule has 2 aliphatic carbocycles. The van der Waals surface area contributed by atoms with Gasteiger partial charge in [-0.1, -0.05) is 12.2 Å². The van der Waals surface area contributed by atoms with E-state index in [0.717, 1.165) is 6.42 Å². The number of rotatable bonds is 3. The van der Waals surface area contributed by atoms with Gasteiger partial charge in [-0.2, -0.15) is 0 Å². The first-order valence-corrected chi connectivity index (χ1v) is 8.34. The standard InChI is InChI=1S/C19H19NO4/c1-10(2)24-19(23)11-5-7-14(8-6-11)20-17(21)15-12-3-4-13(9-12)16(15)18(20)22/h3-8,10,12-13,15-16H,9H2,1-2H3/t12-,13+,15-,16-/m0/s1. The van der Waals surface area contributed by atoms with Crippen LogP contribution in [0.5, 0.6) is 0 Å². The third-order valence-corrected chi connectivity index (χ3v) is 5.17. The minimum absolute atomic E-state index is 0.112. The van der Waals surface area contributed by atoms with Gasteiger partial charge >= 0.3 is 5.97 Å². The van der Waals surface area contributed by atoms with Crippen LogP contribution >= 0.6 is 0 Å². The Morgan fingerprint density at radius 2 is 1.58 bits per heavy atom. The van der Waals surface area contributed by atoms with Crippen LogP contribution in [0.15, 0.2) is 36.4 Å². The van der Waals surface area contributed by atoms with Crippen LogP contribution in [0.25, 0.3) is 0 Å². The Bertz CT molecular complexity index is 719. The van der Waals surface area contributed by atoms with Gasteiger partial charge in [0.2, 0.25) is 11.8 Å². The summed E-state index contributed by atoms with van der Waals surface area (Å²) in [5.41, 5.74) is 0.938. The SMILES string of the molecule is CC(C)OC(=O)c1ccc(N2C(=O)[C@@H]3[C@@H](C2=O)[C@H]2C=C[C@@H]3C2)cc1. The van der Waals surface area contributed by atoms with Crippen molar-refractivity contribution in [1.82, 2.24) is 0 Å². The zero-order valence-corrected chi connectivity index (χ0v) is 13.6. The Hall–Kier alpha value is -2.43. The van der Waals surface area contributed by atoms with E-state index in [0.29, 0.717) is 11.3 Å². The van der Waals surface area contributed by atoms with Crippen molar-refractivity contribution in [3.05, 3.63) is 42.0 Å². The van der Waals surface area contributed by atoms with E-state index in [2.05, 4.69) is 12.2 Å². The van der Waals surface area contributed by atoms with Gasteiger partial charge in [0.05, 0.1) is 29.2 Å². The molecule has 1 saturated heterocycles. The van der Waals surface area contributed by atoms with Gasteiger partial charge in [0, 0.05) is 0 Å². The fourth-order valence-corrected chi connectivity index (χ4v) is 4.19. The summed E-state index contributed by atoms with van der Waals surface area (Å²) in [6, 6.07) is 6.48. The van der Waals surface area contributed by atoms with Crippen LogP contribution in [0.2, 0.25) is 0 Å². The number of carbonyl (C=O) groups excluding carboxylic acids is 3. The third-order valence-electron chi connectivity index (χ3n) is 5.17. The summed E-state index contributed by atoms with van der Waals surface area (Å²) in [5, 5.41) is 0. The van der Waals surface area contributed by atoms with Gasteiger partial charge in [-0.05, 0) is 56.4 Å². The molecule has 4 rings (SSSR count). The minimum atomic E-state index is -0.408. The maximum atomic E-state index is 12.7. The van der Waals surface area contributed by atoms with Crippen molar-refractivity contribution in [3.8, 4) is 0 Å². The van der Waals surface area contributed by atoms with Crippen LogP contribution in [0.1, 0.15) is 30.6 Å². The molecule has 2 bridgehead atoms. The number of carbonyl (C=O) groups is 3. The zero-order valence-electron chi connectivity index (χ0n) is 13.6. The summed E-state index contributed by atoms with van der Waals surface area (Å²) in [5.74, 6) is -0.659. The van der Waals surface area contributed by atoms with Crippen LogP contribution in [0.3, 0.4) is 0 Å². The molecule has 24 heavy (non-hydrogen) atoms. The van der Waals surface area contributed by atoms with Gasteiger partial charge < -0.3 is 4.74 Å². The van der Waals surface area contributed by atoms with Gasteiger partial charge in [-0.25, -0.2) is 4.79 Å². The monoisotopic (exact) mass is 325 g/mol. The van der Waals surface area contributed by atoms with E-state index in [1.165, 1.54) is 4.90 Å². The lowest BCUT2D eigenvalue weighted by molar-refractivity contribution is -0.123. The normalized spacial score (nSPS) is 30.4. The molecule has 2 fully saturated rings. The quantitative estimate of drug-likeness (QED) is 0.487. The van der Waals surface area contributed by atoms with E-state index >= 15 is 0 Å². The average Bonchev–Trinajstić information content (AvgIpc) is 3.21. The van der Waals surface area contributed by atoms with Crippen molar-refractivity contribution in [2.45, 2.75) is 26.4 Å². The molecule has 0 spiro atoms. The molecular weight excluding hydrogens is 306 g/mol. The van der Waals surface area contributed by atoms with Crippen LogP contribution in [-0.2, 0) is 14.3 Å². The number of benzene rings is 1. The number of amides is 2. The topological polar surface area (TPSA) is 63.7 Å². The molecule has 1 aromatic rings. The van der Waals surface area contributed by atoms with Crippen molar-refractivity contribution < 1.29 is 19.1 Å². The molecule has 1 aromatic carbocycles. The molecule has 0 N–H and O–H groups in total. The largest absolute Gasteiger partial charge is 0.459 e. The number of allylic oxidation sites excluding steroid dienone is 2. The first kappa shape index (κ1) is 15.1. The lowest BCUT2D eigenvalue weighted by Gasteiger charge is -2.17. The van der Waals surface area contributed by atoms with E-state index in [1.54, 1.807) is 38.1 Å². The van der Waals surface area contributed by atoms with Crippen LogP contribution in [-0.4, -0.2) is 23.9 Å². The summed E-state index contributed by atoms with van der Waals surface area (Å²) in [6.07, 6.45) is 4.87. The Labute approximate surface area is 140 Å². The molecule has 0 aromatic heterocycles. The second-order valence-electron chi connectivity index (χ2n) is 7.01. The van der Waals surface area contributed by atoms with E-state index in [9.17, 15) is 14.4 Å². The zero-order chi connectivity index (χ0) is 17.0. The lowest BCUT2D eigenvalue weighted by Crippen LogP contribution is -2.32. The first-order chi connectivity index (χ1) is 11.5. The van der Waals surface area contributed by atoms with Gasteiger partial charge in [0.15, 0.2) is 0 Å². The van der Waals surface area contributed by atoms with Crippen LogP contribution < -0.4 is 4.90 Å². The van der Waals surface area contributed by atoms with Gasteiger partial charge in [0.1, 0.15) is 0 Å². The van der Waals surface area contributed by atoms with Gasteiger partial charge in [-0.15, -0.1) is 0 Å². The van der Waals surface area contributed by atoms with E-state index in [4.69, 9.17) is 4.74 Å². The third kappa shape index (κ3) is 2.11. The van der Waals surface area contributed by atoms with Crippen LogP contribution in [0.4, 0.5) is 5.69 Å². The number of ether oxygens (including phenoxy) is 1. The predicted molar refractivity (Wildman–Crippen MR) is 87.2 cm³/mol. The maximum Gasteiger partial charge on any atom is 0.338 e. The summed E-state index contributed by atoms with van der Waals surface area (Å²) in [7, 11) is 0. The Morgan fingerprint density at radius 1 is 1.04 bits per heavy atom. The molecule has 0 unspecified atom stereocenters. The number of esters is 1. The fraction of sp³-hybridized carbons (Fsp3) is 0.421. The summed E-state index contributed by atoms with van der Waals surface area (Å²) in [6.45, 7) is 3.57. The van der Waals surface area contributed by atoms with Crippen molar-refractivity contribution in [1.29, 1.82) is 0 Å². The molecule has 0 radical (unpaired) electrons. The van der Waals surface area contributed by atoms with Crippen LogP contribution in [0, 0.1) is 23.7 Å². The molecular formula is C19H19NO4. The molecule has 124 valence electrons. The number of hydrogen-bond donors (Lipinski definition) is 0. The Balaban J connectivity index is 1.58. The fourth-order valence-electron chi connectivity index (χ4n) is 4.19. The van der Waals surface area contributed by atoms with E-state index < -0.39 is 5.97 Å². The number of imide groups is 1. The highest BCUT2D eigenvalue weighted by Crippen LogP contribution is 2.53. The molecule has 3 aliphatic rings. The first-order valence-electron chi connectivity index (χ1n) is 8.34. The highest BCUT2D eigenvalue weighted by molar-refractivity contribution is 6.22. The van der Waals surface area contributed by atoms with Crippen molar-refractivity contribution in [3.63, 3.8) is 0 Å². The average molecular weight is 325 g/mol. The van der Waals surface area contributed by atoms with Crippen molar-refractivity contribution in [2.24, 2.45) is 23.7 Å². The summed E-state index contributed by atoms with van der Waals surface area (Å²) < 4.78 is 5.15. The second-order valence-corrected chi connectivity index (χ2v) is 7.01. The molecule has 5 heteroatoms. The summed E-state index contributed by atoms with van der Waals surface area (Å²) >= 11 is 0. The highest BCUT2D eigenvalue weighted by Gasteiger charge is 2.59. The van der Waals surface area contributed by atoms with Crippen molar-refractivity contribution in [2.75, 3.05) is 4.90 Å². The Morgan fingerprint density at radius 3 is 2.08 bits per heavy atom. The smallest absolute Gasteiger partial charge is 0.338 e. The number of fused-ring (bicyclic) bond motifs is 5.